The molecule has 1 saturated carbocycles. The van der Waals surface area contributed by atoms with Crippen LogP contribution in [0.25, 0.3) is 0 Å². The Morgan fingerprint density at radius 3 is 2.05 bits per heavy atom. The van der Waals surface area contributed by atoms with Crippen LogP contribution in [0, 0.1) is 6.92 Å². The molecule has 2 aliphatic rings. The van der Waals surface area contributed by atoms with Gasteiger partial charge < -0.3 is 9.31 Å². The van der Waals surface area contributed by atoms with Crippen LogP contribution in [0.3, 0.4) is 0 Å². The van der Waals surface area contributed by atoms with E-state index < -0.39 is 0 Å². The maximum Gasteiger partial charge on any atom is 0.496 e. The standard InChI is InChI=1S/C16H24BNO2/c1-11-9-12(10-18-13(11)16(6)7-8-16)17-19-14(2,3)15(4,5)20-17/h9-10H,7-8H2,1-6H3. The van der Waals surface area contributed by atoms with Crippen molar-refractivity contribution in [2.24, 2.45) is 0 Å². The summed E-state index contributed by atoms with van der Waals surface area (Å²) in [6.07, 6.45) is 4.42. The zero-order valence-corrected chi connectivity index (χ0v) is 13.4. The molecule has 3 rings (SSSR count). The molecule has 4 heteroatoms. The van der Waals surface area contributed by atoms with Gasteiger partial charge in [-0.25, -0.2) is 0 Å². The van der Waals surface area contributed by atoms with Gasteiger partial charge in [0.15, 0.2) is 0 Å². The fourth-order valence-electron chi connectivity index (χ4n) is 2.76. The summed E-state index contributed by atoms with van der Waals surface area (Å²) in [4.78, 5) is 4.69. The minimum Gasteiger partial charge on any atom is -0.399 e. The van der Waals surface area contributed by atoms with Gasteiger partial charge in [-0.05, 0) is 53.0 Å². The second-order valence-corrected chi connectivity index (χ2v) is 7.58. The van der Waals surface area contributed by atoms with Crippen molar-refractivity contribution in [2.45, 2.75) is 71.0 Å². The van der Waals surface area contributed by atoms with Gasteiger partial charge in [0.25, 0.3) is 0 Å². The van der Waals surface area contributed by atoms with E-state index in [4.69, 9.17) is 14.3 Å². The molecule has 1 saturated heterocycles. The molecule has 1 aliphatic carbocycles. The van der Waals surface area contributed by atoms with Crippen molar-refractivity contribution in [2.75, 3.05) is 0 Å². The first-order valence-corrected chi connectivity index (χ1v) is 7.47. The summed E-state index contributed by atoms with van der Waals surface area (Å²) >= 11 is 0. The van der Waals surface area contributed by atoms with Gasteiger partial charge in [0, 0.05) is 22.8 Å². The Morgan fingerprint density at radius 1 is 1.05 bits per heavy atom. The molecule has 20 heavy (non-hydrogen) atoms. The fourth-order valence-corrected chi connectivity index (χ4v) is 2.76. The number of hydrogen-bond donors (Lipinski definition) is 0. The van der Waals surface area contributed by atoms with Crippen LogP contribution < -0.4 is 5.46 Å². The van der Waals surface area contributed by atoms with Crippen molar-refractivity contribution >= 4 is 12.6 Å². The lowest BCUT2D eigenvalue weighted by atomic mass is 9.79. The third-order valence-corrected chi connectivity index (χ3v) is 5.20. The summed E-state index contributed by atoms with van der Waals surface area (Å²) in [6.45, 7) is 12.7. The van der Waals surface area contributed by atoms with Gasteiger partial charge in [-0.2, -0.15) is 0 Å². The van der Waals surface area contributed by atoms with Gasteiger partial charge in [-0.3, -0.25) is 4.98 Å². The predicted molar refractivity (Wildman–Crippen MR) is 81.3 cm³/mol. The van der Waals surface area contributed by atoms with E-state index in [1.165, 1.54) is 24.1 Å². The number of aromatic nitrogens is 1. The van der Waals surface area contributed by atoms with Crippen molar-refractivity contribution < 1.29 is 9.31 Å². The highest BCUT2D eigenvalue weighted by Gasteiger charge is 2.52. The summed E-state index contributed by atoms with van der Waals surface area (Å²) in [5.41, 5.74) is 3.21. The minimum atomic E-state index is -0.313. The van der Waals surface area contributed by atoms with Crippen molar-refractivity contribution in [3.05, 3.63) is 23.5 Å². The Labute approximate surface area is 122 Å². The van der Waals surface area contributed by atoms with E-state index in [1.54, 1.807) is 0 Å². The molecule has 0 aromatic carbocycles. The number of aryl methyl sites for hydroxylation is 1. The van der Waals surface area contributed by atoms with Crippen LogP contribution in [-0.4, -0.2) is 23.3 Å². The molecular weight excluding hydrogens is 249 g/mol. The average Bonchev–Trinajstić information content (AvgIpc) is 3.01. The van der Waals surface area contributed by atoms with Crippen molar-refractivity contribution in [1.82, 2.24) is 4.98 Å². The Bertz CT molecular complexity index is 533. The molecule has 0 spiro atoms. The van der Waals surface area contributed by atoms with Crippen LogP contribution in [0.15, 0.2) is 12.3 Å². The van der Waals surface area contributed by atoms with Gasteiger partial charge >= 0.3 is 7.12 Å². The first kappa shape index (κ1) is 14.1. The van der Waals surface area contributed by atoms with Crippen LogP contribution in [0.4, 0.5) is 0 Å². The molecule has 0 N–H and O–H groups in total. The highest BCUT2D eigenvalue weighted by Crippen LogP contribution is 2.47. The lowest BCUT2D eigenvalue weighted by molar-refractivity contribution is 0.00578. The minimum absolute atomic E-state index is 0.299. The Kier molecular flexibility index (Phi) is 2.87. The van der Waals surface area contributed by atoms with Crippen molar-refractivity contribution in [3.8, 4) is 0 Å². The van der Waals surface area contributed by atoms with Gasteiger partial charge in [0.05, 0.1) is 11.2 Å². The number of rotatable bonds is 2. The van der Waals surface area contributed by atoms with E-state index in [2.05, 4.69) is 47.6 Å². The summed E-state index contributed by atoms with van der Waals surface area (Å²) in [6, 6.07) is 2.17. The lowest BCUT2D eigenvalue weighted by Gasteiger charge is -2.32. The van der Waals surface area contributed by atoms with E-state index in [-0.39, 0.29) is 18.3 Å². The molecule has 1 aromatic rings. The van der Waals surface area contributed by atoms with Crippen molar-refractivity contribution in [3.63, 3.8) is 0 Å². The highest BCUT2D eigenvalue weighted by molar-refractivity contribution is 6.62. The summed E-state index contributed by atoms with van der Waals surface area (Å²) in [5, 5.41) is 0. The molecule has 2 heterocycles. The molecule has 0 atom stereocenters. The molecule has 0 bridgehead atoms. The molecular formula is C16H24BNO2. The van der Waals surface area contributed by atoms with E-state index in [0.29, 0.717) is 5.41 Å². The Morgan fingerprint density at radius 2 is 1.60 bits per heavy atom. The van der Waals surface area contributed by atoms with Gasteiger partial charge in [-0.1, -0.05) is 13.0 Å². The zero-order valence-electron chi connectivity index (χ0n) is 13.4. The normalized spacial score (nSPS) is 25.8. The zero-order chi connectivity index (χ0) is 14.8. The largest absolute Gasteiger partial charge is 0.496 e. The summed E-state index contributed by atoms with van der Waals surface area (Å²) in [7, 11) is -0.313. The first-order valence-electron chi connectivity index (χ1n) is 7.47. The van der Waals surface area contributed by atoms with Gasteiger partial charge in [0.1, 0.15) is 0 Å². The molecule has 0 amide bonds. The number of hydrogen-bond acceptors (Lipinski definition) is 3. The molecule has 0 radical (unpaired) electrons. The van der Waals surface area contributed by atoms with Crippen LogP contribution in [0.5, 0.6) is 0 Å². The number of pyridine rings is 1. The monoisotopic (exact) mass is 273 g/mol. The lowest BCUT2D eigenvalue weighted by Crippen LogP contribution is -2.41. The molecule has 1 aromatic heterocycles. The van der Waals surface area contributed by atoms with Gasteiger partial charge in [-0.15, -0.1) is 0 Å². The van der Waals surface area contributed by atoms with E-state index >= 15 is 0 Å². The second-order valence-electron chi connectivity index (χ2n) is 7.58. The second kappa shape index (κ2) is 4.08. The van der Waals surface area contributed by atoms with Gasteiger partial charge in [0.2, 0.25) is 0 Å². The smallest absolute Gasteiger partial charge is 0.399 e. The van der Waals surface area contributed by atoms with Crippen molar-refractivity contribution in [1.29, 1.82) is 0 Å². The molecule has 108 valence electrons. The molecule has 2 fully saturated rings. The SMILES string of the molecule is Cc1cc(B2OC(C)(C)C(C)(C)O2)cnc1C1(C)CC1. The maximum atomic E-state index is 6.08. The highest BCUT2D eigenvalue weighted by atomic mass is 16.7. The summed E-state index contributed by atoms with van der Waals surface area (Å²) in [5.74, 6) is 0. The van der Waals surface area contributed by atoms with Crippen LogP contribution >= 0.6 is 0 Å². The number of nitrogens with zero attached hydrogens (tertiary/aromatic N) is 1. The summed E-state index contributed by atoms with van der Waals surface area (Å²) < 4.78 is 12.2. The van der Waals surface area contributed by atoms with E-state index in [0.717, 1.165) is 5.46 Å². The molecule has 3 nitrogen and oxygen atoms in total. The quantitative estimate of drug-likeness (QED) is 0.776. The van der Waals surface area contributed by atoms with Crippen LogP contribution in [0.1, 0.15) is 58.7 Å². The maximum absolute atomic E-state index is 6.08. The Hall–Kier alpha value is -0.865. The van der Waals surface area contributed by atoms with Crippen LogP contribution in [-0.2, 0) is 14.7 Å². The van der Waals surface area contributed by atoms with E-state index in [1.807, 2.05) is 6.20 Å². The Balaban J connectivity index is 1.88. The third-order valence-electron chi connectivity index (χ3n) is 5.20. The molecule has 1 aliphatic heterocycles. The molecule has 0 unspecified atom stereocenters. The third kappa shape index (κ3) is 2.10. The average molecular weight is 273 g/mol. The topological polar surface area (TPSA) is 31.4 Å². The predicted octanol–water partition coefficient (Wildman–Crippen LogP) is 2.74. The fraction of sp³-hybridized carbons (Fsp3) is 0.688. The van der Waals surface area contributed by atoms with Crippen LogP contribution in [0.2, 0.25) is 0 Å². The first-order chi connectivity index (χ1) is 9.15. The van der Waals surface area contributed by atoms with E-state index in [9.17, 15) is 0 Å².